The monoisotopic (exact) mass is 462 g/mol. The van der Waals surface area contributed by atoms with Gasteiger partial charge in [-0.25, -0.2) is 4.98 Å². The minimum absolute atomic E-state index is 0.0565. The third-order valence-corrected chi connectivity index (χ3v) is 6.57. The average Bonchev–Trinajstić information content (AvgIpc) is 3.35. The van der Waals surface area contributed by atoms with Gasteiger partial charge in [0.05, 0.1) is 11.7 Å². The number of oxazole rings is 1. The average molecular weight is 463 g/mol. The molecule has 0 fully saturated rings. The van der Waals surface area contributed by atoms with Crippen LogP contribution in [-0.4, -0.2) is 21.1 Å². The number of carbonyl (C=O) groups excluding carboxylic acids is 1. The first-order valence-corrected chi connectivity index (χ1v) is 11.3. The molecule has 0 spiro atoms. The molecule has 4 aromatic carbocycles. The molecule has 0 aliphatic carbocycles. The van der Waals surface area contributed by atoms with E-state index in [9.17, 15) is 15.0 Å². The van der Waals surface area contributed by atoms with Crippen LogP contribution < -0.4 is 4.90 Å². The molecule has 2 heterocycles. The van der Waals surface area contributed by atoms with Crippen molar-refractivity contribution >= 4 is 22.7 Å². The Kier molecular flexibility index (Phi) is 4.72. The number of aromatic hydroxyl groups is 1. The number of phenolic OH excluding ortho intramolecular Hbond substituents is 1. The number of para-hydroxylation sites is 1. The van der Waals surface area contributed by atoms with E-state index in [2.05, 4.69) is 4.98 Å². The van der Waals surface area contributed by atoms with Crippen LogP contribution in [0.2, 0.25) is 0 Å². The molecule has 6 nitrogen and oxygen atoms in total. The quantitative estimate of drug-likeness (QED) is 0.383. The molecule has 0 saturated heterocycles. The summed E-state index contributed by atoms with van der Waals surface area (Å²) in [6.45, 7) is 1.70. The Hall–Kier alpha value is -4.42. The van der Waals surface area contributed by atoms with Gasteiger partial charge >= 0.3 is 0 Å². The minimum Gasteiger partial charge on any atom is -0.507 e. The van der Waals surface area contributed by atoms with Crippen molar-refractivity contribution in [1.82, 2.24) is 4.98 Å². The van der Waals surface area contributed by atoms with E-state index >= 15 is 0 Å². The smallest absolute Gasteiger partial charge is 0.269 e. The van der Waals surface area contributed by atoms with Gasteiger partial charge in [-0.05, 0) is 23.3 Å². The van der Waals surface area contributed by atoms with Crippen molar-refractivity contribution in [2.45, 2.75) is 18.6 Å². The van der Waals surface area contributed by atoms with Crippen LogP contribution in [0.5, 0.6) is 5.75 Å². The number of aliphatic hydroxyl groups is 1. The Morgan fingerprint density at radius 2 is 1.46 bits per heavy atom. The molecule has 1 aromatic heterocycles. The number of aryl methyl sites for hydroxylation is 1. The fraction of sp³-hybridized carbons (Fsp3) is 0.103. The highest BCUT2D eigenvalue weighted by Crippen LogP contribution is 2.51. The highest BCUT2D eigenvalue weighted by Gasteiger charge is 2.54. The van der Waals surface area contributed by atoms with Gasteiger partial charge in [0.2, 0.25) is 5.60 Å². The second-order valence-corrected chi connectivity index (χ2v) is 8.70. The summed E-state index contributed by atoms with van der Waals surface area (Å²) >= 11 is 0. The second kappa shape index (κ2) is 7.82. The van der Waals surface area contributed by atoms with E-state index in [4.69, 9.17) is 4.42 Å². The SMILES string of the molecule is Cc1nc2cc(O)c(C3(O)C(=O)N(C(c4ccccc4)c4ccccc4)c4ccccc43)cc2o1. The van der Waals surface area contributed by atoms with Crippen LogP contribution >= 0.6 is 0 Å². The lowest BCUT2D eigenvalue weighted by Gasteiger charge is -2.31. The number of hydrogen-bond donors (Lipinski definition) is 2. The molecule has 172 valence electrons. The number of nitrogens with zero attached hydrogens (tertiary/aromatic N) is 2. The van der Waals surface area contributed by atoms with E-state index in [0.29, 0.717) is 28.2 Å². The van der Waals surface area contributed by atoms with E-state index in [1.54, 1.807) is 24.0 Å². The predicted octanol–water partition coefficient (Wildman–Crippen LogP) is 5.21. The molecule has 35 heavy (non-hydrogen) atoms. The third kappa shape index (κ3) is 3.15. The Balaban J connectivity index is 1.59. The summed E-state index contributed by atoms with van der Waals surface area (Å²) in [6.07, 6.45) is 0. The van der Waals surface area contributed by atoms with Crippen LogP contribution in [0.25, 0.3) is 11.1 Å². The summed E-state index contributed by atoms with van der Waals surface area (Å²) < 4.78 is 5.65. The molecule has 1 amide bonds. The Bertz CT molecular complexity index is 1520. The summed E-state index contributed by atoms with van der Waals surface area (Å²) in [4.78, 5) is 20.2. The molecule has 6 heteroatoms. The van der Waals surface area contributed by atoms with Gasteiger partial charge in [-0.3, -0.25) is 9.69 Å². The summed E-state index contributed by atoms with van der Waals surface area (Å²) in [5, 5.41) is 23.1. The summed E-state index contributed by atoms with van der Waals surface area (Å²) in [6, 6.07) is 29.0. The van der Waals surface area contributed by atoms with E-state index in [1.807, 2.05) is 72.8 Å². The molecule has 5 aromatic rings. The normalized spacial score (nSPS) is 17.3. The Labute approximate surface area is 201 Å². The number of benzene rings is 4. The van der Waals surface area contributed by atoms with Crippen molar-refractivity contribution in [3.63, 3.8) is 0 Å². The van der Waals surface area contributed by atoms with Gasteiger partial charge in [-0.1, -0.05) is 78.9 Å². The lowest BCUT2D eigenvalue weighted by atomic mass is 9.86. The molecule has 1 unspecified atom stereocenters. The van der Waals surface area contributed by atoms with Crippen molar-refractivity contribution in [2.75, 3.05) is 4.90 Å². The highest BCUT2D eigenvalue weighted by molar-refractivity contribution is 6.10. The zero-order valence-electron chi connectivity index (χ0n) is 18.9. The number of carbonyl (C=O) groups is 1. The first-order valence-electron chi connectivity index (χ1n) is 11.3. The van der Waals surface area contributed by atoms with Crippen molar-refractivity contribution in [2.24, 2.45) is 0 Å². The number of amides is 1. The molecule has 2 N–H and O–H groups in total. The summed E-state index contributed by atoms with van der Waals surface area (Å²) in [7, 11) is 0. The third-order valence-electron chi connectivity index (χ3n) is 6.57. The van der Waals surface area contributed by atoms with Crippen LogP contribution in [0, 0.1) is 6.92 Å². The standard InChI is InChI=1S/C29H22N2O4/c1-18-30-23-17-25(32)22(16-26(23)35-18)29(34)21-14-8-9-15-24(21)31(28(29)33)27(19-10-4-2-5-11-19)20-12-6-3-7-13-20/h2-17,27,32,34H,1H3. The molecule has 0 saturated carbocycles. The topological polar surface area (TPSA) is 86.8 Å². The Morgan fingerprint density at radius 1 is 0.857 bits per heavy atom. The van der Waals surface area contributed by atoms with Crippen molar-refractivity contribution in [1.29, 1.82) is 0 Å². The minimum atomic E-state index is -2.11. The molecule has 1 atom stereocenters. The van der Waals surface area contributed by atoms with E-state index in [1.165, 1.54) is 12.1 Å². The van der Waals surface area contributed by atoms with Crippen LogP contribution in [-0.2, 0) is 10.4 Å². The van der Waals surface area contributed by atoms with Crippen molar-refractivity contribution < 1.29 is 19.4 Å². The molecule has 0 bridgehead atoms. The van der Waals surface area contributed by atoms with Crippen LogP contribution in [0.15, 0.2) is 101 Å². The first kappa shape index (κ1) is 21.1. The van der Waals surface area contributed by atoms with Gasteiger partial charge < -0.3 is 14.6 Å². The lowest BCUT2D eigenvalue weighted by Crippen LogP contribution is -2.43. The van der Waals surface area contributed by atoms with E-state index in [0.717, 1.165) is 11.1 Å². The van der Waals surface area contributed by atoms with Crippen molar-refractivity contribution in [3.05, 3.63) is 125 Å². The zero-order valence-corrected chi connectivity index (χ0v) is 18.9. The highest BCUT2D eigenvalue weighted by atomic mass is 16.3. The summed E-state index contributed by atoms with van der Waals surface area (Å²) in [5.74, 6) is -0.354. The molecule has 1 aliphatic rings. The number of hydrogen-bond acceptors (Lipinski definition) is 5. The van der Waals surface area contributed by atoms with Gasteiger partial charge in [0.25, 0.3) is 5.91 Å². The van der Waals surface area contributed by atoms with Gasteiger partial charge in [0, 0.05) is 24.1 Å². The van der Waals surface area contributed by atoms with Gasteiger partial charge in [0.15, 0.2) is 11.5 Å². The maximum absolute atomic E-state index is 14.3. The fourth-order valence-corrected chi connectivity index (χ4v) is 5.03. The number of aromatic nitrogens is 1. The van der Waals surface area contributed by atoms with Crippen LogP contribution in [0.3, 0.4) is 0 Å². The number of fused-ring (bicyclic) bond motifs is 2. The zero-order chi connectivity index (χ0) is 24.2. The molecule has 0 radical (unpaired) electrons. The van der Waals surface area contributed by atoms with Gasteiger partial charge in [-0.15, -0.1) is 0 Å². The Morgan fingerprint density at radius 3 is 2.11 bits per heavy atom. The van der Waals surface area contributed by atoms with Gasteiger partial charge in [-0.2, -0.15) is 0 Å². The van der Waals surface area contributed by atoms with Crippen LogP contribution in [0.1, 0.15) is 34.2 Å². The fourth-order valence-electron chi connectivity index (χ4n) is 5.03. The molecular formula is C29H22N2O4. The molecular weight excluding hydrogens is 440 g/mol. The predicted molar refractivity (Wildman–Crippen MR) is 132 cm³/mol. The van der Waals surface area contributed by atoms with Gasteiger partial charge in [0.1, 0.15) is 11.3 Å². The number of rotatable bonds is 4. The lowest BCUT2D eigenvalue weighted by molar-refractivity contribution is -0.132. The first-order chi connectivity index (χ1) is 17.0. The van der Waals surface area contributed by atoms with Crippen LogP contribution in [0.4, 0.5) is 5.69 Å². The molecule has 1 aliphatic heterocycles. The van der Waals surface area contributed by atoms with E-state index < -0.39 is 17.6 Å². The number of phenols is 1. The largest absolute Gasteiger partial charge is 0.507 e. The molecule has 6 rings (SSSR count). The number of anilines is 1. The van der Waals surface area contributed by atoms with Crippen molar-refractivity contribution in [3.8, 4) is 5.75 Å². The maximum Gasteiger partial charge on any atom is 0.269 e. The van der Waals surface area contributed by atoms with E-state index in [-0.39, 0.29) is 11.3 Å². The maximum atomic E-state index is 14.3. The second-order valence-electron chi connectivity index (χ2n) is 8.70. The summed E-state index contributed by atoms with van der Waals surface area (Å²) in [5.41, 5.74) is 1.55.